The molecule has 0 aliphatic heterocycles. The standard InChI is InChI=1S/C9H8Br2OS/c1-5(12)9(11)7-4-6(13)2-3-8(7)10/h2-4,9,13H,1H3. The number of rotatable bonds is 2. The van der Waals surface area contributed by atoms with Crippen LogP contribution in [0.4, 0.5) is 0 Å². The monoisotopic (exact) mass is 322 g/mol. The Morgan fingerprint density at radius 1 is 1.54 bits per heavy atom. The molecule has 4 heteroatoms. The first-order valence-electron chi connectivity index (χ1n) is 3.65. The second kappa shape index (κ2) is 4.62. The molecule has 1 atom stereocenters. The molecule has 1 rings (SSSR count). The van der Waals surface area contributed by atoms with Crippen LogP contribution in [0.15, 0.2) is 27.6 Å². The number of hydrogen-bond donors (Lipinski definition) is 1. The van der Waals surface area contributed by atoms with Gasteiger partial charge in [-0.05, 0) is 30.7 Å². The summed E-state index contributed by atoms with van der Waals surface area (Å²) in [6.07, 6.45) is 0. The fourth-order valence-electron chi connectivity index (χ4n) is 0.944. The van der Waals surface area contributed by atoms with Crippen LogP contribution in [-0.2, 0) is 4.79 Å². The van der Waals surface area contributed by atoms with E-state index in [1.807, 2.05) is 18.2 Å². The van der Waals surface area contributed by atoms with Crippen molar-refractivity contribution in [3.05, 3.63) is 28.2 Å². The molecule has 0 fully saturated rings. The van der Waals surface area contributed by atoms with Crippen molar-refractivity contribution < 1.29 is 4.79 Å². The van der Waals surface area contributed by atoms with Gasteiger partial charge in [-0.3, -0.25) is 4.79 Å². The van der Waals surface area contributed by atoms with Crippen LogP contribution in [-0.4, -0.2) is 5.78 Å². The van der Waals surface area contributed by atoms with Gasteiger partial charge >= 0.3 is 0 Å². The van der Waals surface area contributed by atoms with E-state index in [0.717, 1.165) is 14.9 Å². The molecule has 0 aliphatic rings. The van der Waals surface area contributed by atoms with Gasteiger partial charge in [0.1, 0.15) is 5.78 Å². The number of carbonyl (C=O) groups excluding carboxylic acids is 1. The quantitative estimate of drug-likeness (QED) is 0.647. The van der Waals surface area contributed by atoms with Crippen molar-refractivity contribution in [3.63, 3.8) is 0 Å². The van der Waals surface area contributed by atoms with Gasteiger partial charge in [-0.25, -0.2) is 0 Å². The molecule has 0 aliphatic carbocycles. The van der Waals surface area contributed by atoms with Gasteiger partial charge in [-0.1, -0.05) is 31.9 Å². The molecule has 70 valence electrons. The molecule has 0 bridgehead atoms. The third kappa shape index (κ3) is 2.82. The van der Waals surface area contributed by atoms with Crippen molar-refractivity contribution in [2.24, 2.45) is 0 Å². The molecular weight excluding hydrogens is 316 g/mol. The van der Waals surface area contributed by atoms with Gasteiger partial charge in [0.15, 0.2) is 0 Å². The van der Waals surface area contributed by atoms with Crippen molar-refractivity contribution in [2.45, 2.75) is 16.6 Å². The number of Topliss-reactive ketones (excluding diaryl/α,β-unsaturated/α-hetero) is 1. The SMILES string of the molecule is CC(=O)C(Br)c1cc(S)ccc1Br. The maximum atomic E-state index is 11.1. The number of ketones is 1. The average Bonchev–Trinajstić information content (AvgIpc) is 2.08. The Balaban J connectivity index is 3.12. The van der Waals surface area contributed by atoms with Crippen LogP contribution in [0.1, 0.15) is 17.3 Å². The Morgan fingerprint density at radius 2 is 2.15 bits per heavy atom. The summed E-state index contributed by atoms with van der Waals surface area (Å²) >= 11 is 10.9. The minimum atomic E-state index is -0.256. The van der Waals surface area contributed by atoms with E-state index in [1.54, 1.807) is 6.92 Å². The third-order valence-electron chi connectivity index (χ3n) is 1.61. The second-order valence-corrected chi connectivity index (χ2v) is 4.97. The van der Waals surface area contributed by atoms with Gasteiger partial charge in [-0.15, -0.1) is 12.6 Å². The molecule has 1 aromatic rings. The maximum absolute atomic E-state index is 11.1. The highest BCUT2D eigenvalue weighted by atomic mass is 79.9. The lowest BCUT2D eigenvalue weighted by molar-refractivity contribution is -0.116. The van der Waals surface area contributed by atoms with Gasteiger partial charge in [0, 0.05) is 9.37 Å². The molecule has 0 radical (unpaired) electrons. The van der Waals surface area contributed by atoms with E-state index in [0.29, 0.717) is 0 Å². The lowest BCUT2D eigenvalue weighted by Crippen LogP contribution is -2.01. The van der Waals surface area contributed by atoms with Crippen LogP contribution in [0.25, 0.3) is 0 Å². The van der Waals surface area contributed by atoms with E-state index in [1.165, 1.54) is 0 Å². The van der Waals surface area contributed by atoms with E-state index in [4.69, 9.17) is 0 Å². The van der Waals surface area contributed by atoms with Crippen molar-refractivity contribution in [3.8, 4) is 0 Å². The number of hydrogen-bond acceptors (Lipinski definition) is 2. The van der Waals surface area contributed by atoms with Crippen LogP contribution in [0.2, 0.25) is 0 Å². The molecule has 0 heterocycles. The summed E-state index contributed by atoms with van der Waals surface area (Å²) in [6, 6.07) is 5.62. The number of thiol groups is 1. The number of alkyl halides is 1. The van der Waals surface area contributed by atoms with Gasteiger partial charge in [0.25, 0.3) is 0 Å². The molecule has 1 aromatic carbocycles. The van der Waals surface area contributed by atoms with Crippen LogP contribution in [0, 0.1) is 0 Å². The van der Waals surface area contributed by atoms with Crippen LogP contribution in [0.5, 0.6) is 0 Å². The first-order chi connectivity index (χ1) is 6.02. The Bertz CT molecular complexity index is 338. The summed E-state index contributed by atoms with van der Waals surface area (Å²) < 4.78 is 0.919. The number of halogens is 2. The minimum Gasteiger partial charge on any atom is -0.298 e. The number of benzene rings is 1. The van der Waals surface area contributed by atoms with Gasteiger partial charge in [-0.2, -0.15) is 0 Å². The third-order valence-corrected chi connectivity index (χ3v) is 3.75. The van der Waals surface area contributed by atoms with E-state index >= 15 is 0 Å². The van der Waals surface area contributed by atoms with Gasteiger partial charge < -0.3 is 0 Å². The van der Waals surface area contributed by atoms with E-state index in [9.17, 15) is 4.79 Å². The zero-order valence-electron chi connectivity index (χ0n) is 6.92. The van der Waals surface area contributed by atoms with Crippen LogP contribution in [0.3, 0.4) is 0 Å². The maximum Gasteiger partial charge on any atom is 0.147 e. The predicted molar refractivity (Wildman–Crippen MR) is 63.7 cm³/mol. The highest BCUT2D eigenvalue weighted by Gasteiger charge is 2.15. The van der Waals surface area contributed by atoms with Crippen LogP contribution >= 0.6 is 44.5 Å². The van der Waals surface area contributed by atoms with Gasteiger partial charge in [0.05, 0.1) is 4.83 Å². The summed E-state index contributed by atoms with van der Waals surface area (Å²) in [5.41, 5.74) is 0.917. The summed E-state index contributed by atoms with van der Waals surface area (Å²) in [4.78, 5) is 11.7. The molecular formula is C9H8Br2OS. The first kappa shape index (κ1) is 11.3. The van der Waals surface area contributed by atoms with Gasteiger partial charge in [0.2, 0.25) is 0 Å². The molecule has 0 N–H and O–H groups in total. The summed E-state index contributed by atoms with van der Waals surface area (Å²) in [5.74, 6) is 0.0830. The minimum absolute atomic E-state index is 0.0830. The zero-order valence-corrected chi connectivity index (χ0v) is 11.0. The second-order valence-electron chi connectivity index (χ2n) is 2.68. The summed E-state index contributed by atoms with van der Waals surface area (Å²) in [7, 11) is 0. The number of carbonyl (C=O) groups is 1. The largest absolute Gasteiger partial charge is 0.298 e. The highest BCUT2D eigenvalue weighted by Crippen LogP contribution is 2.31. The molecule has 0 spiro atoms. The highest BCUT2D eigenvalue weighted by molar-refractivity contribution is 9.11. The summed E-state index contributed by atoms with van der Waals surface area (Å²) in [6.45, 7) is 1.55. The molecule has 1 nitrogen and oxygen atoms in total. The summed E-state index contributed by atoms with van der Waals surface area (Å²) in [5, 5.41) is 0. The predicted octanol–water partition coefficient (Wildman–Crippen LogP) is 3.76. The fraction of sp³-hybridized carbons (Fsp3) is 0.222. The Hall–Kier alpha value is 0.200. The molecule has 0 saturated carbocycles. The normalized spacial score (nSPS) is 12.6. The Morgan fingerprint density at radius 3 is 2.69 bits per heavy atom. The smallest absolute Gasteiger partial charge is 0.147 e. The van der Waals surface area contributed by atoms with Crippen molar-refractivity contribution in [1.82, 2.24) is 0 Å². The molecule has 0 saturated heterocycles. The van der Waals surface area contributed by atoms with E-state index < -0.39 is 0 Å². The molecule has 0 aromatic heterocycles. The van der Waals surface area contributed by atoms with Crippen molar-refractivity contribution in [1.29, 1.82) is 0 Å². The molecule has 13 heavy (non-hydrogen) atoms. The Labute approximate surface area is 99.6 Å². The average molecular weight is 324 g/mol. The van der Waals surface area contributed by atoms with Crippen molar-refractivity contribution in [2.75, 3.05) is 0 Å². The molecule has 0 amide bonds. The van der Waals surface area contributed by atoms with E-state index in [-0.39, 0.29) is 10.6 Å². The molecule has 1 unspecified atom stereocenters. The fourth-order valence-corrected chi connectivity index (χ4v) is 2.32. The topological polar surface area (TPSA) is 17.1 Å². The van der Waals surface area contributed by atoms with Crippen LogP contribution < -0.4 is 0 Å². The first-order valence-corrected chi connectivity index (χ1v) is 5.81. The lowest BCUT2D eigenvalue weighted by Gasteiger charge is -2.09. The van der Waals surface area contributed by atoms with E-state index in [2.05, 4.69) is 44.5 Å². The Kier molecular flexibility index (Phi) is 4.01. The van der Waals surface area contributed by atoms with Crippen molar-refractivity contribution >= 4 is 50.3 Å². The zero-order chi connectivity index (χ0) is 10.0. The lowest BCUT2D eigenvalue weighted by atomic mass is 10.1.